The number of rotatable bonds is 3. The third-order valence-corrected chi connectivity index (χ3v) is 3.74. The number of nitrogens with zero attached hydrogens (tertiary/aromatic N) is 3. The zero-order valence-corrected chi connectivity index (χ0v) is 12.6. The summed E-state index contributed by atoms with van der Waals surface area (Å²) in [6, 6.07) is -0.687. The molecule has 1 fully saturated rings. The number of hydrogen-bond acceptors (Lipinski definition) is 4. The van der Waals surface area contributed by atoms with Gasteiger partial charge in [-0.1, -0.05) is 25.4 Å². The molecule has 0 spiro atoms. The van der Waals surface area contributed by atoms with Gasteiger partial charge in [-0.2, -0.15) is 0 Å². The fourth-order valence-corrected chi connectivity index (χ4v) is 2.63. The van der Waals surface area contributed by atoms with E-state index in [-0.39, 0.29) is 23.0 Å². The minimum absolute atomic E-state index is 0.121. The summed E-state index contributed by atoms with van der Waals surface area (Å²) in [5.74, 6) is -0.343. The fraction of sp³-hybridized carbons (Fsp3) is 0.538. The van der Waals surface area contributed by atoms with Gasteiger partial charge in [0.2, 0.25) is 5.91 Å². The molecular weight excluding hydrogens is 296 g/mol. The van der Waals surface area contributed by atoms with Crippen LogP contribution in [0.3, 0.4) is 0 Å². The fourth-order valence-electron chi connectivity index (χ4n) is 2.46. The third-order valence-electron chi connectivity index (χ3n) is 3.42. The van der Waals surface area contributed by atoms with Crippen molar-refractivity contribution in [1.29, 1.82) is 0 Å². The largest absolute Gasteiger partial charge is 0.465 e. The molecule has 0 bridgehead atoms. The zero-order valence-electron chi connectivity index (χ0n) is 11.8. The number of carbonyl (C=O) groups is 2. The molecule has 0 saturated carbocycles. The minimum Gasteiger partial charge on any atom is -0.465 e. The summed E-state index contributed by atoms with van der Waals surface area (Å²) in [6.07, 6.45) is 2.34. The van der Waals surface area contributed by atoms with Crippen molar-refractivity contribution in [2.75, 3.05) is 6.54 Å². The first kappa shape index (κ1) is 15.5. The summed E-state index contributed by atoms with van der Waals surface area (Å²) in [7, 11) is 0. The van der Waals surface area contributed by atoms with E-state index in [4.69, 9.17) is 11.6 Å². The van der Waals surface area contributed by atoms with Crippen LogP contribution < -0.4 is 5.32 Å². The molecule has 0 unspecified atom stereocenters. The van der Waals surface area contributed by atoms with Crippen LogP contribution in [0.15, 0.2) is 12.4 Å². The van der Waals surface area contributed by atoms with Crippen LogP contribution in [0.5, 0.6) is 0 Å². The van der Waals surface area contributed by atoms with Crippen LogP contribution in [0.4, 0.5) is 4.79 Å². The Morgan fingerprint density at radius 2 is 2.14 bits per heavy atom. The molecule has 2 heterocycles. The van der Waals surface area contributed by atoms with E-state index in [1.807, 2.05) is 13.8 Å². The van der Waals surface area contributed by atoms with Gasteiger partial charge in [0.05, 0.1) is 12.2 Å². The van der Waals surface area contributed by atoms with Gasteiger partial charge in [-0.05, 0) is 11.8 Å². The normalized spacial score (nSPS) is 20.3. The molecule has 2 amide bonds. The van der Waals surface area contributed by atoms with Gasteiger partial charge >= 0.3 is 6.09 Å². The molecule has 0 aliphatic carbocycles. The summed E-state index contributed by atoms with van der Waals surface area (Å²) in [6.45, 7) is 4.34. The first-order chi connectivity index (χ1) is 9.80. The minimum atomic E-state index is -1.08. The zero-order chi connectivity index (χ0) is 15.6. The summed E-state index contributed by atoms with van der Waals surface area (Å²) >= 11 is 5.86. The van der Waals surface area contributed by atoms with Crippen molar-refractivity contribution in [3.63, 3.8) is 0 Å². The van der Waals surface area contributed by atoms with E-state index in [2.05, 4.69) is 15.3 Å². The number of hydrogen-bond donors (Lipinski definition) is 2. The number of nitrogens with one attached hydrogen (secondary N) is 1. The van der Waals surface area contributed by atoms with Gasteiger partial charge in [-0.15, -0.1) is 0 Å². The average Bonchev–Trinajstić information content (AvgIpc) is 2.74. The Morgan fingerprint density at radius 3 is 2.76 bits per heavy atom. The lowest BCUT2D eigenvalue weighted by atomic mass is 9.90. The summed E-state index contributed by atoms with van der Waals surface area (Å²) in [5, 5.41) is 12.1. The lowest BCUT2D eigenvalue weighted by Gasteiger charge is -2.20. The van der Waals surface area contributed by atoms with Gasteiger partial charge in [-0.25, -0.2) is 9.78 Å². The average molecular weight is 313 g/mol. The van der Waals surface area contributed by atoms with Crippen LogP contribution in [0.2, 0.25) is 5.15 Å². The summed E-state index contributed by atoms with van der Waals surface area (Å²) in [5.41, 5.74) is 0.233. The number of aromatic nitrogens is 2. The second-order valence-corrected chi connectivity index (χ2v) is 6.16. The van der Waals surface area contributed by atoms with Crippen LogP contribution in [0, 0.1) is 5.41 Å². The van der Waals surface area contributed by atoms with Crippen LogP contribution >= 0.6 is 11.6 Å². The van der Waals surface area contributed by atoms with Crippen molar-refractivity contribution in [3.05, 3.63) is 23.2 Å². The maximum atomic E-state index is 12.2. The topological polar surface area (TPSA) is 95.4 Å². The monoisotopic (exact) mass is 312 g/mol. The van der Waals surface area contributed by atoms with Crippen molar-refractivity contribution < 1.29 is 14.7 Å². The SMILES string of the molecule is CC1(C)C[C@@H](C(=O)NCc2nccnc2Cl)N(C(=O)O)C1. The van der Waals surface area contributed by atoms with Crippen molar-refractivity contribution in [1.82, 2.24) is 20.2 Å². The van der Waals surface area contributed by atoms with Crippen molar-refractivity contribution in [2.45, 2.75) is 32.9 Å². The molecule has 21 heavy (non-hydrogen) atoms. The predicted octanol–water partition coefficient (Wildman–Crippen LogP) is 1.52. The van der Waals surface area contributed by atoms with Crippen molar-refractivity contribution >= 4 is 23.6 Å². The van der Waals surface area contributed by atoms with E-state index in [0.29, 0.717) is 18.7 Å². The highest BCUT2D eigenvalue weighted by Crippen LogP contribution is 2.34. The van der Waals surface area contributed by atoms with E-state index >= 15 is 0 Å². The number of carbonyl (C=O) groups excluding carboxylic acids is 1. The quantitative estimate of drug-likeness (QED) is 0.882. The van der Waals surface area contributed by atoms with Crippen LogP contribution in [-0.2, 0) is 11.3 Å². The molecular formula is C13H17ClN4O3. The highest BCUT2D eigenvalue weighted by atomic mass is 35.5. The van der Waals surface area contributed by atoms with Gasteiger partial charge in [-0.3, -0.25) is 14.7 Å². The molecule has 2 rings (SSSR count). The predicted molar refractivity (Wildman–Crippen MR) is 75.8 cm³/mol. The van der Waals surface area contributed by atoms with Gasteiger partial charge in [0, 0.05) is 18.9 Å². The third kappa shape index (κ3) is 3.60. The summed E-state index contributed by atoms with van der Waals surface area (Å²) in [4.78, 5) is 32.5. The molecule has 1 aliphatic rings. The van der Waals surface area contributed by atoms with Crippen LogP contribution in [0.25, 0.3) is 0 Å². The smallest absolute Gasteiger partial charge is 0.407 e. The van der Waals surface area contributed by atoms with Crippen LogP contribution in [-0.4, -0.2) is 44.6 Å². The molecule has 8 heteroatoms. The van der Waals surface area contributed by atoms with Crippen LogP contribution in [0.1, 0.15) is 26.0 Å². The van der Waals surface area contributed by atoms with Gasteiger partial charge in [0.25, 0.3) is 0 Å². The number of carboxylic acid groups (broad SMARTS) is 1. The van der Waals surface area contributed by atoms with E-state index in [1.54, 1.807) is 0 Å². The second kappa shape index (κ2) is 5.85. The van der Waals surface area contributed by atoms with Crippen molar-refractivity contribution in [2.24, 2.45) is 5.41 Å². The number of amides is 2. The standard InChI is InChI=1S/C13H17ClN4O3/c1-13(2)5-9(18(7-13)12(20)21)11(19)17-6-8-10(14)16-4-3-15-8/h3-4,9H,5-7H2,1-2H3,(H,17,19)(H,20,21)/t9-/m0/s1. The highest BCUT2D eigenvalue weighted by Gasteiger charge is 2.43. The number of likely N-dealkylation sites (tertiary alicyclic amines) is 1. The molecule has 1 aliphatic heterocycles. The van der Waals surface area contributed by atoms with Gasteiger partial charge < -0.3 is 10.4 Å². The Bertz CT molecular complexity index is 564. The van der Waals surface area contributed by atoms with E-state index in [9.17, 15) is 14.7 Å². The summed E-state index contributed by atoms with van der Waals surface area (Å²) < 4.78 is 0. The first-order valence-electron chi connectivity index (χ1n) is 6.53. The molecule has 1 aromatic heterocycles. The molecule has 114 valence electrons. The Balaban J connectivity index is 2.03. The Labute approximate surface area is 127 Å². The Morgan fingerprint density at radius 1 is 1.48 bits per heavy atom. The maximum Gasteiger partial charge on any atom is 0.407 e. The molecule has 0 aromatic carbocycles. The molecule has 1 aromatic rings. The van der Waals surface area contributed by atoms with Gasteiger partial charge in [0.1, 0.15) is 6.04 Å². The van der Waals surface area contributed by atoms with Gasteiger partial charge in [0.15, 0.2) is 5.15 Å². The second-order valence-electron chi connectivity index (χ2n) is 5.81. The molecule has 0 radical (unpaired) electrons. The van der Waals surface area contributed by atoms with E-state index in [1.165, 1.54) is 17.3 Å². The Hall–Kier alpha value is -1.89. The molecule has 2 N–H and O–H groups in total. The van der Waals surface area contributed by atoms with E-state index in [0.717, 1.165) is 0 Å². The number of halogens is 1. The Kier molecular flexibility index (Phi) is 4.32. The first-order valence-corrected chi connectivity index (χ1v) is 6.90. The molecule has 1 saturated heterocycles. The lowest BCUT2D eigenvalue weighted by Crippen LogP contribution is -2.45. The lowest BCUT2D eigenvalue weighted by molar-refractivity contribution is -0.125. The molecule has 7 nitrogen and oxygen atoms in total. The molecule has 1 atom stereocenters. The van der Waals surface area contributed by atoms with Crippen molar-refractivity contribution in [3.8, 4) is 0 Å². The maximum absolute atomic E-state index is 12.2. The highest BCUT2D eigenvalue weighted by molar-refractivity contribution is 6.29. The van der Waals surface area contributed by atoms with E-state index < -0.39 is 12.1 Å².